The standard InChI is InChI=1S/C20H13Cl2FN2O3/c21-16-9-15(20(27)25-13-3-1-2-11(8-13)19(24)26)18(10-17(16)22)28-14-6-4-12(23)5-7-14/h1-10H,(H2,24,26)(H,25,27). The zero-order valence-corrected chi connectivity index (χ0v) is 15.7. The Balaban J connectivity index is 1.92. The van der Waals surface area contributed by atoms with E-state index in [1.807, 2.05) is 0 Å². The molecular weight excluding hydrogens is 406 g/mol. The summed E-state index contributed by atoms with van der Waals surface area (Å²) < 4.78 is 18.8. The fourth-order valence-electron chi connectivity index (χ4n) is 2.37. The van der Waals surface area contributed by atoms with Gasteiger partial charge in [-0.3, -0.25) is 9.59 Å². The van der Waals surface area contributed by atoms with Crippen molar-refractivity contribution < 1.29 is 18.7 Å². The van der Waals surface area contributed by atoms with Crippen molar-refractivity contribution >= 4 is 40.7 Å². The molecule has 0 radical (unpaired) electrons. The van der Waals surface area contributed by atoms with Gasteiger partial charge in [-0.25, -0.2) is 4.39 Å². The lowest BCUT2D eigenvalue weighted by Crippen LogP contribution is -2.15. The Morgan fingerprint density at radius 1 is 0.964 bits per heavy atom. The molecule has 0 unspecified atom stereocenters. The molecule has 3 aromatic carbocycles. The molecule has 0 saturated carbocycles. The van der Waals surface area contributed by atoms with Crippen molar-refractivity contribution in [1.82, 2.24) is 0 Å². The second-order valence-corrected chi connectivity index (χ2v) is 6.53. The molecule has 0 bridgehead atoms. The molecule has 8 heteroatoms. The largest absolute Gasteiger partial charge is 0.456 e. The number of halogens is 3. The van der Waals surface area contributed by atoms with Crippen LogP contribution in [0.5, 0.6) is 11.5 Å². The van der Waals surface area contributed by atoms with Gasteiger partial charge in [0.25, 0.3) is 5.91 Å². The van der Waals surface area contributed by atoms with Crippen LogP contribution in [-0.4, -0.2) is 11.8 Å². The van der Waals surface area contributed by atoms with E-state index in [2.05, 4.69) is 5.32 Å². The van der Waals surface area contributed by atoms with Crippen LogP contribution in [0.4, 0.5) is 10.1 Å². The van der Waals surface area contributed by atoms with Gasteiger partial charge in [0.15, 0.2) is 0 Å². The van der Waals surface area contributed by atoms with Gasteiger partial charge in [-0.15, -0.1) is 0 Å². The van der Waals surface area contributed by atoms with Gasteiger partial charge >= 0.3 is 0 Å². The molecule has 3 N–H and O–H groups in total. The first-order valence-corrected chi connectivity index (χ1v) is 8.73. The Labute approximate surface area is 169 Å². The molecule has 28 heavy (non-hydrogen) atoms. The summed E-state index contributed by atoms with van der Waals surface area (Å²) in [5.74, 6) is -1.15. The highest BCUT2D eigenvalue weighted by Crippen LogP contribution is 2.34. The molecule has 0 atom stereocenters. The lowest BCUT2D eigenvalue weighted by molar-refractivity contribution is 0.0995. The molecule has 0 fully saturated rings. The van der Waals surface area contributed by atoms with E-state index in [9.17, 15) is 14.0 Å². The predicted octanol–water partition coefficient (Wildman–Crippen LogP) is 5.28. The molecule has 0 saturated heterocycles. The number of nitrogens with one attached hydrogen (secondary N) is 1. The molecule has 2 amide bonds. The van der Waals surface area contributed by atoms with Gasteiger partial charge < -0.3 is 15.8 Å². The zero-order valence-electron chi connectivity index (χ0n) is 14.2. The number of anilines is 1. The normalized spacial score (nSPS) is 10.4. The van der Waals surface area contributed by atoms with Crippen LogP contribution in [0.2, 0.25) is 10.0 Å². The number of hydrogen-bond acceptors (Lipinski definition) is 3. The molecule has 0 aliphatic carbocycles. The summed E-state index contributed by atoms with van der Waals surface area (Å²) in [7, 11) is 0. The average molecular weight is 419 g/mol. The summed E-state index contributed by atoms with van der Waals surface area (Å²) in [6.45, 7) is 0. The first kappa shape index (κ1) is 19.7. The number of carbonyl (C=O) groups is 2. The minimum absolute atomic E-state index is 0.100. The van der Waals surface area contributed by atoms with Crippen molar-refractivity contribution in [3.8, 4) is 11.5 Å². The third-order valence-electron chi connectivity index (χ3n) is 3.71. The summed E-state index contributed by atoms with van der Waals surface area (Å²) in [5.41, 5.74) is 5.96. The quantitative estimate of drug-likeness (QED) is 0.591. The Morgan fingerprint density at radius 3 is 2.32 bits per heavy atom. The van der Waals surface area contributed by atoms with Crippen LogP contribution in [-0.2, 0) is 0 Å². The highest BCUT2D eigenvalue weighted by molar-refractivity contribution is 6.42. The van der Waals surface area contributed by atoms with Gasteiger partial charge in [-0.1, -0.05) is 29.3 Å². The average Bonchev–Trinajstić information content (AvgIpc) is 2.66. The van der Waals surface area contributed by atoms with Crippen molar-refractivity contribution in [1.29, 1.82) is 0 Å². The van der Waals surface area contributed by atoms with E-state index < -0.39 is 17.6 Å². The van der Waals surface area contributed by atoms with Gasteiger partial charge in [0.05, 0.1) is 15.6 Å². The maximum absolute atomic E-state index is 13.1. The van der Waals surface area contributed by atoms with E-state index in [0.717, 1.165) is 0 Å². The lowest BCUT2D eigenvalue weighted by atomic mass is 10.1. The number of amides is 2. The number of nitrogens with two attached hydrogens (primary N) is 1. The highest BCUT2D eigenvalue weighted by Gasteiger charge is 2.17. The van der Waals surface area contributed by atoms with Crippen LogP contribution in [0.1, 0.15) is 20.7 Å². The first-order chi connectivity index (χ1) is 13.3. The van der Waals surface area contributed by atoms with Crippen LogP contribution in [0, 0.1) is 5.82 Å². The molecular formula is C20H13Cl2FN2O3. The number of carbonyl (C=O) groups excluding carboxylic acids is 2. The predicted molar refractivity (Wildman–Crippen MR) is 106 cm³/mol. The molecule has 3 aromatic rings. The van der Waals surface area contributed by atoms with Crippen LogP contribution in [0.3, 0.4) is 0 Å². The molecule has 0 heterocycles. The lowest BCUT2D eigenvalue weighted by Gasteiger charge is -2.13. The molecule has 0 aliphatic rings. The van der Waals surface area contributed by atoms with E-state index in [0.29, 0.717) is 11.4 Å². The van der Waals surface area contributed by atoms with Gasteiger partial charge in [-0.2, -0.15) is 0 Å². The summed E-state index contributed by atoms with van der Waals surface area (Å²) in [6, 6.07) is 14.2. The molecule has 0 aliphatic heterocycles. The maximum Gasteiger partial charge on any atom is 0.259 e. The van der Waals surface area contributed by atoms with Crippen molar-refractivity contribution in [3.63, 3.8) is 0 Å². The Hall–Kier alpha value is -3.09. The van der Waals surface area contributed by atoms with E-state index in [4.69, 9.17) is 33.7 Å². The third kappa shape index (κ3) is 4.60. The van der Waals surface area contributed by atoms with Gasteiger partial charge in [0.2, 0.25) is 5.91 Å². The van der Waals surface area contributed by atoms with E-state index in [1.54, 1.807) is 12.1 Å². The third-order valence-corrected chi connectivity index (χ3v) is 4.44. The van der Waals surface area contributed by atoms with Crippen LogP contribution < -0.4 is 15.8 Å². The van der Waals surface area contributed by atoms with Crippen LogP contribution in [0.15, 0.2) is 60.7 Å². The maximum atomic E-state index is 13.1. The monoisotopic (exact) mass is 418 g/mol. The number of ether oxygens (including phenoxy) is 1. The zero-order chi connectivity index (χ0) is 20.3. The minimum Gasteiger partial charge on any atom is -0.456 e. The highest BCUT2D eigenvalue weighted by atomic mass is 35.5. The molecule has 5 nitrogen and oxygen atoms in total. The molecule has 142 valence electrons. The summed E-state index contributed by atoms with van der Waals surface area (Å²) >= 11 is 12.1. The smallest absolute Gasteiger partial charge is 0.259 e. The molecule has 3 rings (SSSR count). The van der Waals surface area contributed by atoms with E-state index in [1.165, 1.54) is 48.5 Å². The molecule has 0 aromatic heterocycles. The minimum atomic E-state index is -0.619. The van der Waals surface area contributed by atoms with Crippen molar-refractivity contribution in [2.24, 2.45) is 5.73 Å². The first-order valence-electron chi connectivity index (χ1n) is 7.97. The number of benzene rings is 3. The van der Waals surface area contributed by atoms with E-state index >= 15 is 0 Å². The van der Waals surface area contributed by atoms with Gasteiger partial charge in [0.1, 0.15) is 17.3 Å². The topological polar surface area (TPSA) is 81.4 Å². The Kier molecular flexibility index (Phi) is 5.82. The fourth-order valence-corrected chi connectivity index (χ4v) is 2.69. The number of primary amides is 1. The second kappa shape index (κ2) is 8.29. The summed E-state index contributed by atoms with van der Waals surface area (Å²) in [6.07, 6.45) is 0. The van der Waals surface area contributed by atoms with Gasteiger partial charge in [0, 0.05) is 17.3 Å². The SMILES string of the molecule is NC(=O)c1cccc(NC(=O)c2cc(Cl)c(Cl)cc2Oc2ccc(F)cc2)c1. The van der Waals surface area contributed by atoms with Crippen molar-refractivity contribution in [2.75, 3.05) is 5.32 Å². The Morgan fingerprint density at radius 2 is 1.64 bits per heavy atom. The van der Waals surface area contributed by atoms with Crippen LogP contribution >= 0.6 is 23.2 Å². The summed E-state index contributed by atoms with van der Waals surface area (Å²) in [4.78, 5) is 24.1. The van der Waals surface area contributed by atoms with Crippen LogP contribution in [0.25, 0.3) is 0 Å². The molecule has 0 spiro atoms. The fraction of sp³-hybridized carbons (Fsp3) is 0. The van der Waals surface area contributed by atoms with Crippen molar-refractivity contribution in [2.45, 2.75) is 0 Å². The van der Waals surface area contributed by atoms with Crippen molar-refractivity contribution in [3.05, 3.63) is 87.7 Å². The van der Waals surface area contributed by atoms with Gasteiger partial charge in [-0.05, 0) is 48.5 Å². The van der Waals surface area contributed by atoms with E-state index in [-0.39, 0.29) is 26.9 Å². The second-order valence-electron chi connectivity index (χ2n) is 5.72. The number of hydrogen-bond donors (Lipinski definition) is 2. The number of rotatable bonds is 5. The Bertz CT molecular complexity index is 1060. The summed E-state index contributed by atoms with van der Waals surface area (Å²) in [5, 5.41) is 2.99.